The molecule has 0 aliphatic rings. The van der Waals surface area contributed by atoms with Gasteiger partial charge in [-0.3, -0.25) is 0 Å². The molecular formula is C48H31N. The number of nitrogens with zero attached hydrogens (tertiary/aromatic N) is 1. The zero-order valence-electron chi connectivity index (χ0n) is 26.8. The van der Waals surface area contributed by atoms with Gasteiger partial charge in [-0.25, -0.2) is 0 Å². The van der Waals surface area contributed by atoms with Crippen molar-refractivity contribution >= 4 is 54.1 Å². The van der Waals surface area contributed by atoms with Crippen LogP contribution in [0, 0.1) is 0 Å². The maximum Gasteiger partial charge on any atom is 0.0541 e. The second-order valence-corrected chi connectivity index (χ2v) is 12.9. The van der Waals surface area contributed by atoms with E-state index in [9.17, 15) is 0 Å². The lowest BCUT2D eigenvalue weighted by Gasteiger charge is -2.15. The molecule has 0 unspecified atom stereocenters. The molecule has 10 aromatic rings. The van der Waals surface area contributed by atoms with Gasteiger partial charge in [-0.15, -0.1) is 0 Å². The fraction of sp³-hybridized carbons (Fsp3) is 0. The topological polar surface area (TPSA) is 4.93 Å². The second-order valence-electron chi connectivity index (χ2n) is 12.9. The lowest BCUT2D eigenvalue weighted by molar-refractivity contribution is 1.18. The molecule has 9 aromatic carbocycles. The molecule has 0 aliphatic carbocycles. The largest absolute Gasteiger partial charge is 0.309 e. The molecule has 0 spiro atoms. The lowest BCUT2D eigenvalue weighted by atomic mass is 9.89. The highest BCUT2D eigenvalue weighted by Gasteiger charge is 2.17. The minimum Gasteiger partial charge on any atom is -0.309 e. The van der Waals surface area contributed by atoms with E-state index in [1.807, 2.05) is 0 Å². The predicted octanol–water partition coefficient (Wildman–Crippen LogP) is 13.2. The van der Waals surface area contributed by atoms with Crippen LogP contribution in [0.4, 0.5) is 0 Å². The van der Waals surface area contributed by atoms with Gasteiger partial charge in [0, 0.05) is 16.5 Å². The maximum absolute atomic E-state index is 2.44. The van der Waals surface area contributed by atoms with Crippen molar-refractivity contribution in [1.29, 1.82) is 0 Å². The average molecular weight is 622 g/mol. The van der Waals surface area contributed by atoms with Gasteiger partial charge in [-0.2, -0.15) is 0 Å². The first-order chi connectivity index (χ1) is 24.3. The third-order valence-electron chi connectivity index (χ3n) is 10.2. The smallest absolute Gasteiger partial charge is 0.0541 e. The summed E-state index contributed by atoms with van der Waals surface area (Å²) in [4.78, 5) is 0. The molecule has 0 amide bonds. The minimum absolute atomic E-state index is 1.15. The van der Waals surface area contributed by atoms with Gasteiger partial charge >= 0.3 is 0 Å². The Morgan fingerprint density at radius 2 is 0.714 bits per heavy atom. The SMILES string of the molecule is c1ccc(-c2ccc3c(c2)c2cc(-c4ccccc4)ccc2n3-c2cccc(-c3cccc4c5ccccc5c5ccccc5c34)c2)cc1. The molecule has 0 radical (unpaired) electrons. The molecule has 0 atom stereocenters. The summed E-state index contributed by atoms with van der Waals surface area (Å²) in [7, 11) is 0. The van der Waals surface area contributed by atoms with Gasteiger partial charge in [-0.1, -0.05) is 152 Å². The third kappa shape index (κ3) is 4.40. The van der Waals surface area contributed by atoms with E-state index in [0.29, 0.717) is 0 Å². The van der Waals surface area contributed by atoms with Crippen LogP contribution < -0.4 is 0 Å². The summed E-state index contributed by atoms with van der Waals surface area (Å²) in [5, 5.41) is 10.3. The van der Waals surface area contributed by atoms with E-state index in [1.54, 1.807) is 0 Å². The molecule has 0 aliphatic heterocycles. The van der Waals surface area contributed by atoms with Crippen LogP contribution in [0.5, 0.6) is 0 Å². The first kappa shape index (κ1) is 27.7. The Morgan fingerprint density at radius 3 is 1.29 bits per heavy atom. The molecule has 0 saturated heterocycles. The summed E-state index contributed by atoms with van der Waals surface area (Å²) in [6, 6.07) is 68.7. The lowest BCUT2D eigenvalue weighted by Crippen LogP contribution is -1.95. The van der Waals surface area contributed by atoms with Crippen molar-refractivity contribution in [2.24, 2.45) is 0 Å². The van der Waals surface area contributed by atoms with Gasteiger partial charge in [0.1, 0.15) is 0 Å². The molecule has 1 heterocycles. The van der Waals surface area contributed by atoms with Gasteiger partial charge in [0.2, 0.25) is 0 Å². The summed E-state index contributed by atoms with van der Waals surface area (Å²) in [5.74, 6) is 0. The zero-order valence-corrected chi connectivity index (χ0v) is 26.8. The Balaban J connectivity index is 1.23. The highest BCUT2D eigenvalue weighted by atomic mass is 15.0. The first-order valence-electron chi connectivity index (χ1n) is 16.9. The van der Waals surface area contributed by atoms with Crippen LogP contribution in [-0.2, 0) is 0 Å². The van der Waals surface area contributed by atoms with Crippen molar-refractivity contribution in [2.45, 2.75) is 0 Å². The summed E-state index contributed by atoms with van der Waals surface area (Å²) in [6.07, 6.45) is 0. The van der Waals surface area contributed by atoms with E-state index in [0.717, 1.165) is 5.69 Å². The van der Waals surface area contributed by atoms with Gasteiger partial charge in [-0.05, 0) is 102 Å². The minimum atomic E-state index is 1.15. The highest BCUT2D eigenvalue weighted by Crippen LogP contribution is 2.42. The van der Waals surface area contributed by atoms with Crippen molar-refractivity contribution in [1.82, 2.24) is 4.57 Å². The number of aromatic nitrogens is 1. The Hall–Kier alpha value is -6.44. The monoisotopic (exact) mass is 621 g/mol. The molecule has 228 valence electrons. The van der Waals surface area contributed by atoms with Crippen molar-refractivity contribution < 1.29 is 0 Å². The second kappa shape index (κ2) is 11.1. The van der Waals surface area contributed by atoms with E-state index in [2.05, 4.69) is 193 Å². The van der Waals surface area contributed by atoms with Gasteiger partial charge in [0.15, 0.2) is 0 Å². The number of benzene rings is 9. The van der Waals surface area contributed by atoms with Gasteiger partial charge in [0.25, 0.3) is 0 Å². The molecule has 0 bridgehead atoms. The fourth-order valence-corrected chi connectivity index (χ4v) is 7.93. The average Bonchev–Trinajstić information content (AvgIpc) is 3.51. The van der Waals surface area contributed by atoms with E-state index in [-0.39, 0.29) is 0 Å². The predicted molar refractivity (Wildman–Crippen MR) is 210 cm³/mol. The fourth-order valence-electron chi connectivity index (χ4n) is 7.93. The quantitative estimate of drug-likeness (QED) is 0.172. The van der Waals surface area contributed by atoms with E-state index < -0.39 is 0 Å². The van der Waals surface area contributed by atoms with Gasteiger partial charge < -0.3 is 4.57 Å². The normalized spacial score (nSPS) is 11.7. The molecule has 49 heavy (non-hydrogen) atoms. The molecule has 0 saturated carbocycles. The molecule has 1 heteroatoms. The Labute approximate surface area is 284 Å². The Kier molecular flexibility index (Phi) is 6.25. The van der Waals surface area contributed by atoms with E-state index >= 15 is 0 Å². The van der Waals surface area contributed by atoms with Crippen LogP contribution >= 0.6 is 0 Å². The van der Waals surface area contributed by atoms with Crippen molar-refractivity contribution in [2.75, 3.05) is 0 Å². The standard InChI is InChI=1S/C48H31N/c1-3-13-32(14-4-1)34-25-27-46-44(30-34)45-31-35(33-15-5-2-6-16-33)26-28-47(45)49(46)37-18-11-17-36(29-37)38-23-12-24-43-41-20-8-7-19-39(41)40-21-9-10-22-42(40)48(38)43/h1-31H. The van der Waals surface area contributed by atoms with E-state index in [1.165, 1.54) is 87.5 Å². The number of fused-ring (bicyclic) bond motifs is 9. The van der Waals surface area contributed by atoms with Crippen molar-refractivity contribution in [3.8, 4) is 39.1 Å². The Bertz CT molecular complexity index is 2720. The summed E-state index contributed by atoms with van der Waals surface area (Å²) in [6.45, 7) is 0. The van der Waals surface area contributed by atoms with E-state index in [4.69, 9.17) is 0 Å². The Morgan fingerprint density at radius 1 is 0.265 bits per heavy atom. The number of rotatable bonds is 4. The summed E-state index contributed by atoms with van der Waals surface area (Å²) < 4.78 is 2.44. The molecule has 0 N–H and O–H groups in total. The van der Waals surface area contributed by atoms with Crippen LogP contribution in [0.25, 0.3) is 93.2 Å². The molecular weight excluding hydrogens is 591 g/mol. The zero-order chi connectivity index (χ0) is 32.3. The van der Waals surface area contributed by atoms with Crippen LogP contribution in [0.1, 0.15) is 0 Å². The molecule has 10 rings (SSSR count). The van der Waals surface area contributed by atoms with Crippen molar-refractivity contribution in [3.63, 3.8) is 0 Å². The van der Waals surface area contributed by atoms with Crippen LogP contribution in [0.3, 0.4) is 0 Å². The molecule has 1 nitrogen and oxygen atoms in total. The first-order valence-corrected chi connectivity index (χ1v) is 16.9. The molecule has 1 aromatic heterocycles. The molecule has 0 fully saturated rings. The van der Waals surface area contributed by atoms with Crippen LogP contribution in [0.15, 0.2) is 188 Å². The van der Waals surface area contributed by atoms with Crippen molar-refractivity contribution in [3.05, 3.63) is 188 Å². The van der Waals surface area contributed by atoms with Crippen LogP contribution in [0.2, 0.25) is 0 Å². The highest BCUT2D eigenvalue weighted by molar-refractivity contribution is 6.28. The number of hydrogen-bond acceptors (Lipinski definition) is 0. The third-order valence-corrected chi connectivity index (χ3v) is 10.2. The number of hydrogen-bond donors (Lipinski definition) is 0. The summed E-state index contributed by atoms with van der Waals surface area (Å²) in [5.41, 5.74) is 10.9. The van der Waals surface area contributed by atoms with Gasteiger partial charge in [0.05, 0.1) is 11.0 Å². The maximum atomic E-state index is 2.44. The summed E-state index contributed by atoms with van der Waals surface area (Å²) >= 11 is 0. The van der Waals surface area contributed by atoms with Crippen LogP contribution in [-0.4, -0.2) is 4.57 Å².